The van der Waals surface area contributed by atoms with Gasteiger partial charge < -0.3 is 64.5 Å². The molecule has 14 nitrogen and oxygen atoms in total. The Labute approximate surface area is 199 Å². The number of aliphatic hydroxyl groups excluding tert-OH is 5. The molecule has 3 fully saturated rings. The van der Waals surface area contributed by atoms with E-state index in [1.54, 1.807) is 0 Å². The molecule has 3 aliphatic heterocycles. The molecule has 12 atom stereocenters. The molecule has 2 saturated heterocycles. The van der Waals surface area contributed by atoms with E-state index in [0.717, 1.165) is 6.26 Å². The van der Waals surface area contributed by atoms with E-state index in [1.807, 2.05) is 0 Å². The topological polar surface area (TPSA) is 225 Å². The van der Waals surface area contributed by atoms with Crippen molar-refractivity contribution in [3.05, 3.63) is 11.8 Å². The lowest BCUT2D eigenvalue weighted by Crippen LogP contribution is -2.61. The molecule has 0 amide bonds. The Morgan fingerprint density at radius 1 is 1.11 bits per heavy atom. The summed E-state index contributed by atoms with van der Waals surface area (Å²) >= 11 is 0. The van der Waals surface area contributed by atoms with Crippen LogP contribution in [0, 0.1) is 11.8 Å². The fourth-order valence-corrected chi connectivity index (χ4v) is 5.12. The predicted octanol–water partition coefficient (Wildman–Crippen LogP) is -3.63. The third-order valence-corrected chi connectivity index (χ3v) is 7.32. The molecule has 1 aliphatic carbocycles. The van der Waals surface area contributed by atoms with E-state index in [9.17, 15) is 45.6 Å². The van der Waals surface area contributed by atoms with Crippen LogP contribution in [0.2, 0.25) is 0 Å². The number of rotatable bonds is 7. The first-order valence-electron chi connectivity index (χ1n) is 11.3. The van der Waals surface area contributed by atoms with E-state index in [0.29, 0.717) is 6.42 Å². The first-order valence-corrected chi connectivity index (χ1v) is 11.3. The van der Waals surface area contributed by atoms with Gasteiger partial charge in [-0.3, -0.25) is 0 Å². The van der Waals surface area contributed by atoms with Crippen LogP contribution in [0.1, 0.15) is 19.8 Å². The zero-order valence-corrected chi connectivity index (χ0v) is 18.9. The standard InChI is InChI=1S/C21H32O14/c1-20(29)3-2-8-9(16(27)28)4-31-17(11(8)20)35-18-14(25)13(24)12(23)10(34-18)5-32-19-15(26)21(30,6-22)7-33-19/h4,8,10-15,17-19,22-26,29-30H,2-3,5-7H2,1H3,(H,27,28)/t8-,10-,11-,12-,13+,14-,15+,17+,18+,19-,20+,21-/m1/s1. The highest BCUT2D eigenvalue weighted by Crippen LogP contribution is 2.49. The minimum atomic E-state index is -1.92. The van der Waals surface area contributed by atoms with E-state index >= 15 is 0 Å². The van der Waals surface area contributed by atoms with Gasteiger partial charge in [0.25, 0.3) is 0 Å². The highest BCUT2D eigenvalue weighted by Gasteiger charge is 2.56. The quantitative estimate of drug-likeness (QED) is 0.166. The molecule has 0 radical (unpaired) electrons. The van der Waals surface area contributed by atoms with Crippen LogP contribution in [-0.2, 0) is 28.5 Å². The van der Waals surface area contributed by atoms with E-state index in [1.165, 1.54) is 6.92 Å². The van der Waals surface area contributed by atoms with E-state index in [4.69, 9.17) is 23.7 Å². The largest absolute Gasteiger partial charge is 0.478 e. The number of carboxylic acids is 1. The summed E-state index contributed by atoms with van der Waals surface area (Å²) in [4.78, 5) is 11.6. The highest BCUT2D eigenvalue weighted by atomic mass is 16.8. The van der Waals surface area contributed by atoms with Crippen LogP contribution in [0.3, 0.4) is 0 Å². The van der Waals surface area contributed by atoms with Gasteiger partial charge in [0.15, 0.2) is 12.6 Å². The second-order valence-corrected chi connectivity index (χ2v) is 9.78. The molecule has 4 rings (SSSR count). The van der Waals surface area contributed by atoms with Crippen molar-refractivity contribution in [1.82, 2.24) is 0 Å². The predicted molar refractivity (Wildman–Crippen MR) is 109 cm³/mol. The number of fused-ring (bicyclic) bond motifs is 1. The van der Waals surface area contributed by atoms with Crippen molar-refractivity contribution in [2.45, 2.75) is 80.4 Å². The molecule has 4 aliphatic rings. The highest BCUT2D eigenvalue weighted by molar-refractivity contribution is 5.87. The number of ether oxygens (including phenoxy) is 5. The zero-order chi connectivity index (χ0) is 25.7. The number of carbonyl (C=O) groups is 1. The van der Waals surface area contributed by atoms with Gasteiger partial charge in [-0.2, -0.15) is 0 Å². The maximum atomic E-state index is 11.6. The average molecular weight is 508 g/mol. The second-order valence-electron chi connectivity index (χ2n) is 9.78. The summed E-state index contributed by atoms with van der Waals surface area (Å²) in [6, 6.07) is 0. The molecule has 0 aromatic carbocycles. The van der Waals surface area contributed by atoms with Crippen LogP contribution < -0.4 is 0 Å². The molecule has 0 bridgehead atoms. The first kappa shape index (κ1) is 26.6. The normalized spacial score (nSPS) is 49.9. The minimum Gasteiger partial charge on any atom is -0.478 e. The van der Waals surface area contributed by atoms with Gasteiger partial charge >= 0.3 is 5.97 Å². The Hall–Kier alpha value is -1.43. The van der Waals surface area contributed by atoms with Crippen LogP contribution in [-0.4, -0.2) is 127 Å². The summed E-state index contributed by atoms with van der Waals surface area (Å²) in [5.41, 5.74) is -3.28. The monoisotopic (exact) mass is 508 g/mol. The Balaban J connectivity index is 1.44. The maximum absolute atomic E-state index is 11.6. The summed E-state index contributed by atoms with van der Waals surface area (Å²) in [5, 5.41) is 80.8. The number of aliphatic carboxylic acids is 1. The van der Waals surface area contributed by atoms with Gasteiger partial charge in [0, 0.05) is 5.92 Å². The van der Waals surface area contributed by atoms with E-state index in [2.05, 4.69) is 0 Å². The van der Waals surface area contributed by atoms with Crippen LogP contribution in [0.15, 0.2) is 11.8 Å². The molecule has 3 heterocycles. The lowest BCUT2D eigenvalue weighted by atomic mass is 9.81. The Morgan fingerprint density at radius 2 is 1.83 bits per heavy atom. The number of carboxylic acid groups (broad SMARTS) is 1. The molecule has 14 heteroatoms. The van der Waals surface area contributed by atoms with Crippen molar-refractivity contribution in [2.75, 3.05) is 19.8 Å². The van der Waals surface area contributed by atoms with Gasteiger partial charge in [0.2, 0.25) is 6.29 Å². The Morgan fingerprint density at radius 3 is 2.46 bits per heavy atom. The van der Waals surface area contributed by atoms with Crippen LogP contribution >= 0.6 is 0 Å². The smallest absolute Gasteiger partial charge is 0.334 e. The van der Waals surface area contributed by atoms with Gasteiger partial charge in [0.1, 0.15) is 36.1 Å². The third-order valence-electron chi connectivity index (χ3n) is 7.32. The van der Waals surface area contributed by atoms with Gasteiger partial charge in [-0.1, -0.05) is 0 Å². The summed E-state index contributed by atoms with van der Waals surface area (Å²) in [6.45, 7) is -0.116. The van der Waals surface area contributed by atoms with Gasteiger partial charge in [-0.05, 0) is 19.8 Å². The van der Waals surface area contributed by atoms with Crippen molar-refractivity contribution in [3.63, 3.8) is 0 Å². The third kappa shape index (κ3) is 4.81. The summed E-state index contributed by atoms with van der Waals surface area (Å²) < 4.78 is 27.3. The van der Waals surface area contributed by atoms with Crippen molar-refractivity contribution in [2.24, 2.45) is 11.8 Å². The Bertz CT molecular complexity index is 818. The molecule has 35 heavy (non-hydrogen) atoms. The fourth-order valence-electron chi connectivity index (χ4n) is 5.12. The lowest BCUT2D eigenvalue weighted by molar-refractivity contribution is -0.350. The van der Waals surface area contributed by atoms with Crippen molar-refractivity contribution >= 4 is 5.97 Å². The fraction of sp³-hybridized carbons (Fsp3) is 0.857. The number of hydrogen-bond acceptors (Lipinski definition) is 13. The number of hydrogen-bond donors (Lipinski definition) is 8. The molecular weight excluding hydrogens is 476 g/mol. The summed E-state index contributed by atoms with van der Waals surface area (Å²) in [5.74, 6) is -2.58. The average Bonchev–Trinajstić information content (AvgIpc) is 3.29. The van der Waals surface area contributed by atoms with Gasteiger partial charge in [-0.25, -0.2) is 4.79 Å². The van der Waals surface area contributed by atoms with Crippen LogP contribution in [0.4, 0.5) is 0 Å². The molecular formula is C21H32O14. The van der Waals surface area contributed by atoms with Gasteiger partial charge in [0.05, 0.1) is 43.2 Å². The van der Waals surface area contributed by atoms with Crippen LogP contribution in [0.5, 0.6) is 0 Å². The van der Waals surface area contributed by atoms with E-state index in [-0.39, 0.29) is 12.0 Å². The molecule has 8 N–H and O–H groups in total. The molecule has 0 unspecified atom stereocenters. The van der Waals surface area contributed by atoms with Crippen molar-refractivity contribution < 1.29 is 69.3 Å². The second kappa shape index (κ2) is 9.79. The number of aliphatic hydroxyl groups is 7. The summed E-state index contributed by atoms with van der Waals surface area (Å²) in [6.07, 6.45) is -10.5. The summed E-state index contributed by atoms with van der Waals surface area (Å²) in [7, 11) is 0. The van der Waals surface area contributed by atoms with Gasteiger partial charge in [-0.15, -0.1) is 0 Å². The maximum Gasteiger partial charge on any atom is 0.334 e. The lowest BCUT2D eigenvalue weighted by Gasteiger charge is -2.44. The van der Waals surface area contributed by atoms with Crippen LogP contribution in [0.25, 0.3) is 0 Å². The van der Waals surface area contributed by atoms with E-state index < -0.39 is 98.2 Å². The van der Waals surface area contributed by atoms with Crippen molar-refractivity contribution in [3.8, 4) is 0 Å². The molecule has 0 spiro atoms. The SMILES string of the molecule is C[C@]1(O)CC[C@@H]2C(C(=O)O)=CO[C@@H](O[C@@H]3O[C@H](CO[C@@H]4OC[C@](O)(CO)[C@H]4O)[C@@H](O)[C@H](O)[C@H]3O)[C@@H]21. The molecule has 200 valence electrons. The first-order chi connectivity index (χ1) is 16.4. The Kier molecular flexibility index (Phi) is 7.45. The molecule has 1 saturated carbocycles. The zero-order valence-electron chi connectivity index (χ0n) is 18.9. The molecule has 0 aromatic heterocycles. The molecule has 0 aromatic rings. The van der Waals surface area contributed by atoms with Crippen molar-refractivity contribution in [1.29, 1.82) is 0 Å². The minimum absolute atomic E-state index is 0.0163.